The van der Waals surface area contributed by atoms with Gasteiger partial charge in [-0.1, -0.05) is 13.3 Å². The molecule has 0 unspecified atom stereocenters. The lowest BCUT2D eigenvalue weighted by atomic mass is 10.0. The van der Waals surface area contributed by atoms with E-state index in [1.807, 2.05) is 0 Å². The van der Waals surface area contributed by atoms with Gasteiger partial charge in [-0.25, -0.2) is 8.42 Å². The second-order valence-corrected chi connectivity index (χ2v) is 7.42. The predicted octanol–water partition coefficient (Wildman–Crippen LogP) is 0.164. The molecule has 18 heavy (non-hydrogen) atoms. The number of hydrogen-bond donors (Lipinski definition) is 1. The highest BCUT2D eigenvalue weighted by atomic mass is 32.2. The minimum atomic E-state index is -3.00. The third-order valence-corrected chi connectivity index (χ3v) is 5.57. The molecular weight excluding hydrogens is 252 g/mol. The molecule has 6 heteroatoms. The van der Waals surface area contributed by atoms with E-state index in [9.17, 15) is 13.2 Å². The molecule has 2 rings (SSSR count). The van der Waals surface area contributed by atoms with Crippen LogP contribution in [0.5, 0.6) is 0 Å². The molecule has 0 aliphatic carbocycles. The Hall–Kier alpha value is -0.620. The Labute approximate surface area is 109 Å². The van der Waals surface area contributed by atoms with Crippen LogP contribution in [0.3, 0.4) is 0 Å². The maximum absolute atomic E-state index is 11.8. The smallest absolute Gasteiger partial charge is 0.220 e. The maximum Gasteiger partial charge on any atom is 0.220 e. The van der Waals surface area contributed by atoms with Crippen LogP contribution in [0, 0.1) is 0 Å². The second kappa shape index (κ2) is 5.57. The molecule has 0 aromatic carbocycles. The molecule has 2 atom stereocenters. The third kappa shape index (κ3) is 3.23. The summed E-state index contributed by atoms with van der Waals surface area (Å²) < 4.78 is 23.6. The lowest BCUT2D eigenvalue weighted by Gasteiger charge is -2.34. The van der Waals surface area contributed by atoms with Gasteiger partial charge < -0.3 is 5.32 Å². The van der Waals surface area contributed by atoms with Crippen LogP contribution in [0.15, 0.2) is 0 Å². The van der Waals surface area contributed by atoms with Crippen LogP contribution in [-0.2, 0) is 14.6 Å². The van der Waals surface area contributed by atoms with Crippen LogP contribution < -0.4 is 5.32 Å². The highest BCUT2D eigenvalue weighted by Gasteiger charge is 2.41. The highest BCUT2D eigenvalue weighted by molar-refractivity contribution is 7.91. The first kappa shape index (κ1) is 13.8. The van der Waals surface area contributed by atoms with E-state index in [1.165, 1.54) is 6.42 Å². The Kier molecular flexibility index (Phi) is 4.27. The van der Waals surface area contributed by atoms with Crippen LogP contribution in [0.4, 0.5) is 0 Å². The standard InChI is InChI=1S/C12H22N2O3S/c1-2-12(15)13-10-8-18(16,17)9-11(10)14-6-4-3-5-7-14/h10-11H,2-9H2,1H3,(H,13,15)/t10-,11-/m0/s1. The number of likely N-dealkylation sites (tertiary alicyclic amines) is 1. The minimum Gasteiger partial charge on any atom is -0.351 e. The highest BCUT2D eigenvalue weighted by Crippen LogP contribution is 2.22. The Bertz CT molecular complexity index is 402. The monoisotopic (exact) mass is 274 g/mol. The van der Waals surface area contributed by atoms with Crippen molar-refractivity contribution in [2.45, 2.75) is 44.7 Å². The van der Waals surface area contributed by atoms with Crippen molar-refractivity contribution in [1.29, 1.82) is 0 Å². The van der Waals surface area contributed by atoms with Gasteiger partial charge in [0.2, 0.25) is 5.91 Å². The summed E-state index contributed by atoms with van der Waals surface area (Å²) in [5, 5.41) is 2.87. The lowest BCUT2D eigenvalue weighted by molar-refractivity contribution is -0.121. The van der Waals surface area contributed by atoms with Crippen LogP contribution >= 0.6 is 0 Å². The van der Waals surface area contributed by atoms with E-state index in [4.69, 9.17) is 0 Å². The quantitative estimate of drug-likeness (QED) is 0.796. The average Bonchev–Trinajstić information content (AvgIpc) is 2.65. The summed E-state index contributed by atoms with van der Waals surface area (Å²) in [5.74, 6) is 0.237. The molecule has 0 spiro atoms. The van der Waals surface area contributed by atoms with Crippen LogP contribution in [0.25, 0.3) is 0 Å². The zero-order chi connectivity index (χ0) is 13.2. The molecule has 2 heterocycles. The fourth-order valence-corrected chi connectivity index (χ4v) is 4.84. The number of hydrogen-bond acceptors (Lipinski definition) is 4. The van der Waals surface area contributed by atoms with Crippen molar-refractivity contribution in [3.63, 3.8) is 0 Å². The van der Waals surface area contributed by atoms with Gasteiger partial charge in [0.15, 0.2) is 9.84 Å². The summed E-state index contributed by atoms with van der Waals surface area (Å²) in [6.07, 6.45) is 3.89. The summed E-state index contributed by atoms with van der Waals surface area (Å²) in [6, 6.07) is -0.244. The van der Waals surface area contributed by atoms with Gasteiger partial charge in [-0.15, -0.1) is 0 Å². The zero-order valence-electron chi connectivity index (χ0n) is 10.9. The topological polar surface area (TPSA) is 66.5 Å². The Morgan fingerprint density at radius 1 is 1.22 bits per heavy atom. The number of nitrogens with zero attached hydrogens (tertiary/aromatic N) is 1. The molecule has 1 amide bonds. The Morgan fingerprint density at radius 2 is 1.89 bits per heavy atom. The molecule has 5 nitrogen and oxygen atoms in total. The fourth-order valence-electron chi connectivity index (χ4n) is 2.89. The average molecular weight is 274 g/mol. The summed E-state index contributed by atoms with van der Waals surface area (Å²) in [5.41, 5.74) is 0. The normalized spacial score (nSPS) is 32.3. The first-order chi connectivity index (χ1) is 8.52. The zero-order valence-corrected chi connectivity index (χ0v) is 11.7. The van der Waals surface area contributed by atoms with Gasteiger partial charge in [-0.05, 0) is 25.9 Å². The van der Waals surface area contributed by atoms with Crippen molar-refractivity contribution in [3.05, 3.63) is 0 Å². The van der Waals surface area contributed by atoms with E-state index in [1.54, 1.807) is 6.92 Å². The molecule has 0 radical (unpaired) electrons. The van der Waals surface area contributed by atoms with Gasteiger partial charge in [0, 0.05) is 12.5 Å². The lowest BCUT2D eigenvalue weighted by Crippen LogP contribution is -2.52. The van der Waals surface area contributed by atoms with Gasteiger partial charge in [0.1, 0.15) is 0 Å². The van der Waals surface area contributed by atoms with Crippen molar-refractivity contribution in [3.8, 4) is 0 Å². The number of amides is 1. The summed E-state index contributed by atoms with van der Waals surface area (Å²) in [4.78, 5) is 13.7. The van der Waals surface area contributed by atoms with E-state index in [2.05, 4.69) is 10.2 Å². The van der Waals surface area contributed by atoms with Crippen LogP contribution in [0.1, 0.15) is 32.6 Å². The number of rotatable bonds is 3. The molecular formula is C12H22N2O3S. The molecule has 2 aliphatic rings. The van der Waals surface area contributed by atoms with Crippen LogP contribution in [-0.4, -0.2) is 55.9 Å². The van der Waals surface area contributed by atoms with E-state index >= 15 is 0 Å². The van der Waals surface area contributed by atoms with Gasteiger partial charge >= 0.3 is 0 Å². The Morgan fingerprint density at radius 3 is 2.50 bits per heavy atom. The summed E-state index contributed by atoms with van der Waals surface area (Å²) >= 11 is 0. The second-order valence-electron chi connectivity index (χ2n) is 5.27. The number of sulfone groups is 1. The maximum atomic E-state index is 11.8. The van der Waals surface area contributed by atoms with Crippen molar-refractivity contribution >= 4 is 15.7 Å². The Balaban J connectivity index is 2.07. The van der Waals surface area contributed by atoms with E-state index < -0.39 is 9.84 Å². The van der Waals surface area contributed by atoms with Gasteiger partial charge in [0.05, 0.1) is 17.5 Å². The number of piperidine rings is 1. The largest absolute Gasteiger partial charge is 0.351 e. The molecule has 0 aromatic rings. The van der Waals surface area contributed by atoms with Crippen molar-refractivity contribution < 1.29 is 13.2 Å². The minimum absolute atomic E-state index is 0.0224. The van der Waals surface area contributed by atoms with Crippen molar-refractivity contribution in [2.75, 3.05) is 24.6 Å². The predicted molar refractivity (Wildman–Crippen MR) is 70.1 cm³/mol. The van der Waals surface area contributed by atoms with E-state index in [-0.39, 0.29) is 29.5 Å². The molecule has 2 aliphatic heterocycles. The first-order valence-corrected chi connectivity index (χ1v) is 8.58. The van der Waals surface area contributed by atoms with Crippen molar-refractivity contribution in [2.24, 2.45) is 0 Å². The molecule has 0 bridgehead atoms. The summed E-state index contributed by atoms with van der Waals surface area (Å²) in [7, 11) is -3.00. The van der Waals surface area contributed by atoms with Gasteiger partial charge in [0.25, 0.3) is 0 Å². The SMILES string of the molecule is CCC(=O)N[C@H]1CS(=O)(=O)C[C@@H]1N1CCCCC1. The van der Waals surface area contributed by atoms with Crippen molar-refractivity contribution in [1.82, 2.24) is 10.2 Å². The molecule has 1 N–H and O–H groups in total. The number of carbonyl (C=O) groups excluding carboxylic acids is 1. The van der Waals surface area contributed by atoms with Gasteiger partial charge in [-0.2, -0.15) is 0 Å². The fraction of sp³-hybridized carbons (Fsp3) is 0.917. The summed E-state index contributed by atoms with van der Waals surface area (Å²) in [6.45, 7) is 3.70. The van der Waals surface area contributed by atoms with E-state index in [0.717, 1.165) is 25.9 Å². The number of carbonyl (C=O) groups is 1. The number of nitrogens with one attached hydrogen (secondary N) is 1. The van der Waals surface area contributed by atoms with Crippen LogP contribution in [0.2, 0.25) is 0 Å². The molecule has 0 saturated carbocycles. The molecule has 0 aromatic heterocycles. The molecule has 104 valence electrons. The first-order valence-electron chi connectivity index (χ1n) is 6.75. The molecule has 2 saturated heterocycles. The van der Waals surface area contributed by atoms with E-state index in [0.29, 0.717) is 6.42 Å². The molecule has 2 fully saturated rings. The third-order valence-electron chi connectivity index (χ3n) is 3.85. The van der Waals surface area contributed by atoms with Gasteiger partial charge in [-0.3, -0.25) is 9.69 Å².